The van der Waals surface area contributed by atoms with E-state index in [1.165, 1.54) is 25.7 Å². The lowest BCUT2D eigenvalue weighted by molar-refractivity contribution is 0.102. The summed E-state index contributed by atoms with van der Waals surface area (Å²) in [7, 11) is 1.55. The van der Waals surface area contributed by atoms with Gasteiger partial charge in [-0.2, -0.15) is 0 Å². The largest absolute Gasteiger partial charge is 0.496 e. The van der Waals surface area contributed by atoms with Crippen LogP contribution in [0.15, 0.2) is 54.2 Å². The highest BCUT2D eigenvalue weighted by Gasteiger charge is 2.12. The number of nitrogens with one attached hydrogen (secondary N) is 2. The van der Waals surface area contributed by atoms with Crippen LogP contribution in [0.25, 0.3) is 0 Å². The lowest BCUT2D eigenvalue weighted by atomic mass is 9.97. The molecule has 1 heterocycles. The Morgan fingerprint density at radius 1 is 1.19 bits per heavy atom. The van der Waals surface area contributed by atoms with E-state index in [0.717, 1.165) is 18.7 Å². The molecule has 1 aromatic carbocycles. The number of para-hydroxylation sites is 1. The zero-order valence-electron chi connectivity index (χ0n) is 15.1. The molecule has 0 atom stereocenters. The van der Waals surface area contributed by atoms with Crippen LogP contribution in [0.4, 0.5) is 11.5 Å². The van der Waals surface area contributed by atoms with Gasteiger partial charge in [-0.05, 0) is 56.4 Å². The molecule has 0 unspecified atom stereocenters. The van der Waals surface area contributed by atoms with E-state index in [1.807, 2.05) is 12.1 Å². The van der Waals surface area contributed by atoms with Gasteiger partial charge in [0.15, 0.2) is 0 Å². The van der Waals surface area contributed by atoms with Crippen molar-refractivity contribution in [3.63, 3.8) is 0 Å². The first-order valence-corrected chi connectivity index (χ1v) is 9.08. The summed E-state index contributed by atoms with van der Waals surface area (Å²) in [5.41, 5.74) is 2.99. The minimum absolute atomic E-state index is 0.236. The molecule has 5 heteroatoms. The van der Waals surface area contributed by atoms with Crippen LogP contribution in [0.1, 0.15) is 42.5 Å². The van der Waals surface area contributed by atoms with E-state index >= 15 is 0 Å². The Balaban J connectivity index is 1.52. The molecule has 2 N–H and O–H groups in total. The number of ether oxygens (including phenoxy) is 1. The third-order valence-electron chi connectivity index (χ3n) is 4.52. The number of anilines is 2. The van der Waals surface area contributed by atoms with Crippen molar-refractivity contribution in [2.75, 3.05) is 24.3 Å². The molecule has 2 aromatic rings. The van der Waals surface area contributed by atoms with Crippen molar-refractivity contribution in [1.82, 2.24) is 4.98 Å². The Morgan fingerprint density at radius 2 is 2.08 bits per heavy atom. The monoisotopic (exact) mass is 351 g/mol. The lowest BCUT2D eigenvalue weighted by Crippen LogP contribution is -2.14. The second-order valence-corrected chi connectivity index (χ2v) is 6.37. The predicted octanol–water partition coefficient (Wildman–Crippen LogP) is 4.64. The SMILES string of the molecule is COc1ccccc1C(=O)Nc1ccc(NCCC2=CCCCC2)cn1. The van der Waals surface area contributed by atoms with Crippen molar-refractivity contribution in [2.24, 2.45) is 0 Å². The van der Waals surface area contributed by atoms with Crippen molar-refractivity contribution in [2.45, 2.75) is 32.1 Å². The molecule has 1 aromatic heterocycles. The van der Waals surface area contributed by atoms with Crippen molar-refractivity contribution in [3.05, 3.63) is 59.8 Å². The highest BCUT2D eigenvalue weighted by molar-refractivity contribution is 6.05. The standard InChI is InChI=1S/C21H25N3O2/c1-26-19-10-6-5-9-18(19)21(25)24-20-12-11-17(15-23-20)22-14-13-16-7-3-2-4-8-16/h5-7,9-12,15,22H,2-4,8,13-14H2,1H3,(H,23,24,25). The fraction of sp³-hybridized carbons (Fsp3) is 0.333. The smallest absolute Gasteiger partial charge is 0.260 e. The fourth-order valence-electron chi connectivity index (χ4n) is 3.09. The number of hydrogen-bond donors (Lipinski definition) is 2. The molecule has 26 heavy (non-hydrogen) atoms. The first-order chi connectivity index (χ1) is 12.8. The van der Waals surface area contributed by atoms with E-state index in [9.17, 15) is 4.79 Å². The summed E-state index contributed by atoms with van der Waals surface area (Å²) in [6.07, 6.45) is 10.3. The van der Waals surface area contributed by atoms with E-state index in [2.05, 4.69) is 21.7 Å². The summed E-state index contributed by atoms with van der Waals surface area (Å²) in [4.78, 5) is 16.7. The Morgan fingerprint density at radius 3 is 2.81 bits per heavy atom. The van der Waals surface area contributed by atoms with E-state index in [4.69, 9.17) is 4.74 Å². The number of aromatic nitrogens is 1. The molecule has 1 aliphatic carbocycles. The second-order valence-electron chi connectivity index (χ2n) is 6.37. The number of hydrogen-bond acceptors (Lipinski definition) is 4. The molecule has 136 valence electrons. The minimum atomic E-state index is -0.236. The fourth-order valence-corrected chi connectivity index (χ4v) is 3.09. The molecule has 0 saturated heterocycles. The van der Waals surface area contributed by atoms with Gasteiger partial charge in [-0.1, -0.05) is 23.8 Å². The molecular formula is C21H25N3O2. The zero-order valence-corrected chi connectivity index (χ0v) is 15.1. The molecule has 1 amide bonds. The maximum Gasteiger partial charge on any atom is 0.260 e. The van der Waals surface area contributed by atoms with E-state index in [1.54, 1.807) is 43.1 Å². The van der Waals surface area contributed by atoms with Gasteiger partial charge in [-0.15, -0.1) is 0 Å². The predicted molar refractivity (Wildman–Crippen MR) is 105 cm³/mol. The molecule has 1 aliphatic rings. The number of carbonyl (C=O) groups is 1. The van der Waals surface area contributed by atoms with Crippen LogP contribution >= 0.6 is 0 Å². The summed E-state index contributed by atoms with van der Waals surface area (Å²) in [5, 5.41) is 6.19. The molecule has 5 nitrogen and oxygen atoms in total. The van der Waals surface area contributed by atoms with Gasteiger partial charge in [0.1, 0.15) is 11.6 Å². The van der Waals surface area contributed by atoms with E-state index < -0.39 is 0 Å². The highest BCUT2D eigenvalue weighted by atomic mass is 16.5. The van der Waals surface area contributed by atoms with Crippen LogP contribution in [-0.4, -0.2) is 24.5 Å². The maximum atomic E-state index is 12.4. The average molecular weight is 351 g/mol. The van der Waals surface area contributed by atoms with Gasteiger partial charge in [0.2, 0.25) is 0 Å². The van der Waals surface area contributed by atoms with Gasteiger partial charge in [-0.25, -0.2) is 4.98 Å². The van der Waals surface area contributed by atoms with Crippen LogP contribution in [0.2, 0.25) is 0 Å². The van der Waals surface area contributed by atoms with Crippen LogP contribution in [0.5, 0.6) is 5.75 Å². The minimum Gasteiger partial charge on any atom is -0.496 e. The number of rotatable bonds is 7. The summed E-state index contributed by atoms with van der Waals surface area (Å²) < 4.78 is 5.22. The Bertz CT molecular complexity index is 769. The molecule has 0 aliphatic heterocycles. The number of nitrogens with zero attached hydrogens (tertiary/aromatic N) is 1. The van der Waals surface area contributed by atoms with Gasteiger partial charge >= 0.3 is 0 Å². The molecule has 0 radical (unpaired) electrons. The number of amides is 1. The third-order valence-corrected chi connectivity index (χ3v) is 4.52. The Labute approximate surface area is 154 Å². The van der Waals surface area contributed by atoms with Gasteiger partial charge in [-0.3, -0.25) is 4.79 Å². The molecule has 0 spiro atoms. The Hall–Kier alpha value is -2.82. The molecule has 0 saturated carbocycles. The van der Waals surface area contributed by atoms with Gasteiger partial charge in [0.25, 0.3) is 5.91 Å². The third kappa shape index (κ3) is 4.85. The number of benzene rings is 1. The summed E-state index contributed by atoms with van der Waals surface area (Å²) in [5.74, 6) is 0.821. The van der Waals surface area contributed by atoms with Crippen molar-refractivity contribution < 1.29 is 9.53 Å². The quantitative estimate of drug-likeness (QED) is 0.713. The average Bonchev–Trinajstić information content (AvgIpc) is 2.70. The van der Waals surface area contributed by atoms with Gasteiger partial charge in [0, 0.05) is 6.54 Å². The topological polar surface area (TPSA) is 63.2 Å². The first kappa shape index (κ1) is 18.0. The van der Waals surface area contributed by atoms with Crippen LogP contribution in [0.3, 0.4) is 0 Å². The van der Waals surface area contributed by atoms with Crippen molar-refractivity contribution in [3.8, 4) is 5.75 Å². The summed E-state index contributed by atoms with van der Waals surface area (Å²) in [6.45, 7) is 0.903. The van der Waals surface area contributed by atoms with Gasteiger partial charge in [0.05, 0.1) is 24.6 Å². The van der Waals surface area contributed by atoms with Crippen molar-refractivity contribution >= 4 is 17.4 Å². The van der Waals surface area contributed by atoms with Crippen LogP contribution in [-0.2, 0) is 0 Å². The van der Waals surface area contributed by atoms with E-state index in [0.29, 0.717) is 17.1 Å². The van der Waals surface area contributed by atoms with Crippen LogP contribution in [0, 0.1) is 0 Å². The maximum absolute atomic E-state index is 12.4. The first-order valence-electron chi connectivity index (χ1n) is 9.08. The molecule has 0 fully saturated rings. The van der Waals surface area contributed by atoms with Gasteiger partial charge < -0.3 is 15.4 Å². The summed E-state index contributed by atoms with van der Waals surface area (Å²) >= 11 is 0. The van der Waals surface area contributed by atoms with E-state index in [-0.39, 0.29) is 5.91 Å². The van der Waals surface area contributed by atoms with Crippen LogP contribution < -0.4 is 15.4 Å². The molecule has 3 rings (SSSR count). The number of carbonyl (C=O) groups excluding carboxylic acids is 1. The number of pyridine rings is 1. The number of allylic oxidation sites excluding steroid dienone is 1. The zero-order chi connectivity index (χ0) is 18.2. The van der Waals surface area contributed by atoms with Crippen molar-refractivity contribution in [1.29, 1.82) is 0 Å². The summed E-state index contributed by atoms with van der Waals surface area (Å²) in [6, 6.07) is 10.9. The second kappa shape index (κ2) is 9.04. The number of methoxy groups -OCH3 is 1. The lowest BCUT2D eigenvalue weighted by Gasteiger charge is -2.13. The molecular weight excluding hydrogens is 326 g/mol. The Kier molecular flexibility index (Phi) is 6.25. The highest BCUT2D eigenvalue weighted by Crippen LogP contribution is 2.21. The molecule has 0 bridgehead atoms. The normalized spacial score (nSPS) is 13.7.